The molecule has 0 saturated heterocycles. The van der Waals surface area contributed by atoms with E-state index in [-0.39, 0.29) is 12.4 Å². The van der Waals surface area contributed by atoms with Gasteiger partial charge in [-0.15, -0.1) is 0 Å². The molecule has 0 bridgehead atoms. The fourth-order valence-corrected chi connectivity index (χ4v) is 2.98. The predicted octanol–water partition coefficient (Wildman–Crippen LogP) is 3.73. The fourth-order valence-electron chi connectivity index (χ4n) is 2.98. The molecular formula is C22H21NO5. The highest BCUT2D eigenvalue weighted by Crippen LogP contribution is 2.30. The average Bonchev–Trinajstić information content (AvgIpc) is 3.06. The topological polar surface area (TPSA) is 77.8 Å². The van der Waals surface area contributed by atoms with E-state index in [1.807, 2.05) is 47.0 Å². The van der Waals surface area contributed by atoms with Crippen LogP contribution in [-0.4, -0.2) is 35.1 Å². The standard InChI is InChI=1S/C22H21NO5/c1-3-28-22(26)21(25)12-20(24)18-14-23(13-15-7-5-4-6-8-15)19-10-9-16(27-2)11-17(18)19/h4-12,14,24H,3,13H2,1-2H3/b20-12-. The Balaban J connectivity index is 2.05. The number of benzene rings is 2. The lowest BCUT2D eigenvalue weighted by Gasteiger charge is -2.06. The van der Waals surface area contributed by atoms with E-state index >= 15 is 0 Å². The second kappa shape index (κ2) is 8.43. The Labute approximate surface area is 162 Å². The maximum Gasteiger partial charge on any atom is 0.379 e. The smallest absolute Gasteiger partial charge is 0.379 e. The molecule has 6 nitrogen and oxygen atoms in total. The lowest BCUT2D eigenvalue weighted by Crippen LogP contribution is -2.15. The number of esters is 1. The minimum Gasteiger partial charge on any atom is -0.507 e. The van der Waals surface area contributed by atoms with Crippen LogP contribution in [0.3, 0.4) is 0 Å². The number of fused-ring (bicyclic) bond motifs is 1. The summed E-state index contributed by atoms with van der Waals surface area (Å²) in [4.78, 5) is 23.5. The second-order valence-electron chi connectivity index (χ2n) is 6.15. The van der Waals surface area contributed by atoms with Crippen LogP contribution in [0, 0.1) is 0 Å². The third kappa shape index (κ3) is 4.06. The molecule has 0 aliphatic rings. The number of ether oxygens (including phenoxy) is 2. The van der Waals surface area contributed by atoms with Crippen LogP contribution in [0.15, 0.2) is 60.8 Å². The van der Waals surface area contributed by atoms with Crippen LogP contribution >= 0.6 is 0 Å². The van der Waals surface area contributed by atoms with E-state index in [0.717, 1.165) is 17.2 Å². The van der Waals surface area contributed by atoms with Crippen LogP contribution in [0.25, 0.3) is 16.7 Å². The summed E-state index contributed by atoms with van der Waals surface area (Å²) in [5.41, 5.74) is 2.39. The molecule has 0 amide bonds. The summed E-state index contributed by atoms with van der Waals surface area (Å²) in [7, 11) is 1.56. The lowest BCUT2D eigenvalue weighted by atomic mass is 10.1. The molecule has 0 fully saturated rings. The first-order chi connectivity index (χ1) is 13.5. The van der Waals surface area contributed by atoms with Crippen molar-refractivity contribution in [1.82, 2.24) is 4.57 Å². The highest BCUT2D eigenvalue weighted by Gasteiger charge is 2.17. The monoisotopic (exact) mass is 379 g/mol. The summed E-state index contributed by atoms with van der Waals surface area (Å²) in [5, 5.41) is 11.2. The van der Waals surface area contributed by atoms with Gasteiger partial charge in [-0.2, -0.15) is 0 Å². The molecular weight excluding hydrogens is 358 g/mol. The van der Waals surface area contributed by atoms with Crippen molar-refractivity contribution in [2.75, 3.05) is 13.7 Å². The van der Waals surface area contributed by atoms with Crippen LogP contribution < -0.4 is 4.74 Å². The van der Waals surface area contributed by atoms with Crippen molar-refractivity contribution in [3.8, 4) is 5.75 Å². The van der Waals surface area contributed by atoms with E-state index < -0.39 is 11.8 Å². The van der Waals surface area contributed by atoms with E-state index in [4.69, 9.17) is 4.74 Å². The first-order valence-electron chi connectivity index (χ1n) is 8.86. The minimum absolute atomic E-state index is 0.0900. The van der Waals surface area contributed by atoms with Gasteiger partial charge in [0.05, 0.1) is 13.7 Å². The molecule has 144 valence electrons. The third-order valence-electron chi connectivity index (χ3n) is 4.30. The van der Waals surface area contributed by atoms with Crippen molar-refractivity contribution in [3.63, 3.8) is 0 Å². The van der Waals surface area contributed by atoms with Crippen molar-refractivity contribution in [2.45, 2.75) is 13.5 Å². The number of carbonyl (C=O) groups excluding carboxylic acids is 2. The second-order valence-corrected chi connectivity index (χ2v) is 6.15. The van der Waals surface area contributed by atoms with Crippen LogP contribution in [0.2, 0.25) is 0 Å². The van der Waals surface area contributed by atoms with Gasteiger partial charge in [0.15, 0.2) is 0 Å². The van der Waals surface area contributed by atoms with Gasteiger partial charge in [0.2, 0.25) is 0 Å². The first kappa shape index (κ1) is 19.2. The van der Waals surface area contributed by atoms with Crippen LogP contribution in [0.5, 0.6) is 5.75 Å². The SMILES string of the molecule is CCOC(=O)C(=O)/C=C(\O)c1cn(Cc2ccccc2)c2ccc(OC)cc12. The molecule has 0 unspecified atom stereocenters. The van der Waals surface area contributed by atoms with E-state index in [1.165, 1.54) is 0 Å². The van der Waals surface area contributed by atoms with Gasteiger partial charge in [0, 0.05) is 35.3 Å². The molecule has 2 aromatic carbocycles. The third-order valence-corrected chi connectivity index (χ3v) is 4.30. The fraction of sp³-hybridized carbons (Fsp3) is 0.182. The van der Waals surface area contributed by atoms with E-state index in [0.29, 0.717) is 23.2 Å². The molecule has 0 radical (unpaired) electrons. The van der Waals surface area contributed by atoms with Gasteiger partial charge in [-0.05, 0) is 30.7 Å². The molecule has 0 saturated carbocycles. The Kier molecular flexibility index (Phi) is 5.79. The van der Waals surface area contributed by atoms with Gasteiger partial charge in [-0.3, -0.25) is 4.79 Å². The number of aliphatic hydroxyl groups excluding tert-OH is 1. The van der Waals surface area contributed by atoms with Gasteiger partial charge in [0.25, 0.3) is 5.78 Å². The Hall–Kier alpha value is -3.54. The molecule has 28 heavy (non-hydrogen) atoms. The van der Waals surface area contributed by atoms with E-state index in [1.54, 1.807) is 26.3 Å². The van der Waals surface area contributed by atoms with Crippen molar-refractivity contribution in [3.05, 3.63) is 71.9 Å². The summed E-state index contributed by atoms with van der Waals surface area (Å²) >= 11 is 0. The summed E-state index contributed by atoms with van der Waals surface area (Å²) in [5.74, 6) is -1.59. The molecule has 0 atom stereocenters. The summed E-state index contributed by atoms with van der Waals surface area (Å²) in [6, 6.07) is 15.4. The zero-order chi connectivity index (χ0) is 20.1. The highest BCUT2D eigenvalue weighted by molar-refractivity contribution is 6.39. The highest BCUT2D eigenvalue weighted by atomic mass is 16.5. The molecule has 1 N–H and O–H groups in total. The van der Waals surface area contributed by atoms with Crippen molar-refractivity contribution in [1.29, 1.82) is 0 Å². The van der Waals surface area contributed by atoms with Crippen molar-refractivity contribution >= 4 is 28.4 Å². The normalized spacial score (nSPS) is 11.4. The van der Waals surface area contributed by atoms with Gasteiger partial charge < -0.3 is 19.1 Å². The summed E-state index contributed by atoms with van der Waals surface area (Å²) < 4.78 is 11.9. The van der Waals surface area contributed by atoms with Crippen LogP contribution in [0.4, 0.5) is 0 Å². The van der Waals surface area contributed by atoms with Crippen LogP contribution in [0.1, 0.15) is 18.1 Å². The largest absolute Gasteiger partial charge is 0.507 e. The molecule has 0 aliphatic heterocycles. The maximum atomic E-state index is 11.9. The zero-order valence-electron chi connectivity index (χ0n) is 15.7. The summed E-state index contributed by atoms with van der Waals surface area (Å²) in [6.07, 6.45) is 2.64. The number of methoxy groups -OCH3 is 1. The number of hydrogen-bond donors (Lipinski definition) is 1. The first-order valence-corrected chi connectivity index (χ1v) is 8.86. The Bertz CT molecular complexity index is 1030. The molecule has 3 rings (SSSR count). The molecule has 0 aliphatic carbocycles. The summed E-state index contributed by atoms with van der Waals surface area (Å²) in [6.45, 7) is 2.29. The molecule has 1 aromatic heterocycles. The van der Waals surface area contributed by atoms with Crippen molar-refractivity contribution in [2.24, 2.45) is 0 Å². The number of carbonyl (C=O) groups is 2. The van der Waals surface area contributed by atoms with Crippen LogP contribution in [-0.2, 0) is 20.9 Å². The Morgan fingerprint density at radius 2 is 1.89 bits per heavy atom. The lowest BCUT2D eigenvalue weighted by molar-refractivity contribution is -0.151. The molecule has 0 spiro atoms. The number of hydrogen-bond acceptors (Lipinski definition) is 5. The van der Waals surface area contributed by atoms with E-state index in [2.05, 4.69) is 4.74 Å². The Morgan fingerprint density at radius 1 is 1.14 bits per heavy atom. The predicted molar refractivity (Wildman–Crippen MR) is 106 cm³/mol. The molecule has 1 heterocycles. The zero-order valence-corrected chi connectivity index (χ0v) is 15.7. The quantitative estimate of drug-likeness (QED) is 0.293. The van der Waals surface area contributed by atoms with Gasteiger partial charge in [0.1, 0.15) is 11.5 Å². The van der Waals surface area contributed by atoms with Crippen molar-refractivity contribution < 1.29 is 24.2 Å². The minimum atomic E-state index is -1.00. The number of nitrogens with zero attached hydrogens (tertiary/aromatic N) is 1. The van der Waals surface area contributed by atoms with Gasteiger partial charge >= 0.3 is 5.97 Å². The maximum absolute atomic E-state index is 11.9. The average molecular weight is 379 g/mol. The van der Waals surface area contributed by atoms with Gasteiger partial charge in [-0.25, -0.2) is 4.79 Å². The molecule has 6 heteroatoms. The number of ketones is 1. The van der Waals surface area contributed by atoms with E-state index in [9.17, 15) is 14.7 Å². The Morgan fingerprint density at radius 3 is 2.57 bits per heavy atom. The van der Waals surface area contributed by atoms with Gasteiger partial charge in [-0.1, -0.05) is 30.3 Å². The number of rotatable bonds is 7. The number of aliphatic hydroxyl groups is 1. The molecule has 3 aromatic rings. The number of aromatic nitrogens is 1.